The maximum Gasteiger partial charge on any atom is 0.407 e. The van der Waals surface area contributed by atoms with Crippen molar-refractivity contribution in [2.45, 2.75) is 6.54 Å². The summed E-state index contributed by atoms with van der Waals surface area (Å²) in [5.41, 5.74) is 7.36. The number of nitrogens with zero attached hydrogens (tertiary/aromatic N) is 5. The van der Waals surface area contributed by atoms with Crippen LogP contribution in [0.2, 0.25) is 0 Å². The van der Waals surface area contributed by atoms with E-state index in [4.69, 9.17) is 5.11 Å². The van der Waals surface area contributed by atoms with Gasteiger partial charge in [0.15, 0.2) is 0 Å². The third kappa shape index (κ3) is 4.76. The van der Waals surface area contributed by atoms with Gasteiger partial charge in [0, 0.05) is 34.0 Å². The van der Waals surface area contributed by atoms with Gasteiger partial charge in [0.25, 0.3) is 0 Å². The molecule has 0 unspecified atom stereocenters. The van der Waals surface area contributed by atoms with Gasteiger partial charge >= 0.3 is 6.09 Å². The molecule has 2 N–H and O–H groups in total. The zero-order chi connectivity index (χ0) is 21.1. The summed E-state index contributed by atoms with van der Waals surface area (Å²) in [6, 6.07) is 11.9. The Hall–Kier alpha value is -2.99. The molecule has 4 rings (SSSR count). The molecule has 10 heteroatoms. The Balaban J connectivity index is 1.39. The standard InChI is InChI=1S/C20H17IN6O2S/c1-26(20(28)29)10-16-12-30-19(23-16)8-22-25-15-5-2-13(3-6-15)17-11-27-9-14(21)4-7-18(27)24-17/h2-9,11-12,25H,10H2,1H3,(H,28,29). The number of halogens is 1. The number of hydrogen-bond donors (Lipinski definition) is 2. The summed E-state index contributed by atoms with van der Waals surface area (Å²) < 4.78 is 3.17. The number of fused-ring (bicyclic) bond motifs is 1. The third-order valence-electron chi connectivity index (χ3n) is 4.26. The summed E-state index contributed by atoms with van der Waals surface area (Å²) in [6.07, 6.45) is 4.69. The Morgan fingerprint density at radius 2 is 2.07 bits per heavy atom. The minimum Gasteiger partial charge on any atom is -0.465 e. The molecular formula is C20H17IN6O2S. The molecule has 0 bridgehead atoms. The van der Waals surface area contributed by atoms with Crippen molar-refractivity contribution in [3.05, 3.63) is 68.4 Å². The predicted molar refractivity (Wildman–Crippen MR) is 126 cm³/mol. The number of aromatic nitrogens is 3. The minimum atomic E-state index is -0.985. The molecule has 0 atom stereocenters. The number of nitrogens with one attached hydrogen (secondary N) is 1. The van der Waals surface area contributed by atoms with E-state index in [1.165, 1.54) is 23.3 Å². The second kappa shape index (κ2) is 8.79. The Labute approximate surface area is 190 Å². The topological polar surface area (TPSA) is 95.1 Å². The molecule has 1 amide bonds. The van der Waals surface area contributed by atoms with E-state index in [9.17, 15) is 4.79 Å². The van der Waals surface area contributed by atoms with Crippen molar-refractivity contribution >= 4 is 57.6 Å². The average molecular weight is 532 g/mol. The molecule has 30 heavy (non-hydrogen) atoms. The van der Waals surface area contributed by atoms with Crippen LogP contribution in [0.15, 0.2) is 59.3 Å². The first-order chi connectivity index (χ1) is 14.5. The Morgan fingerprint density at radius 3 is 2.83 bits per heavy atom. The van der Waals surface area contributed by atoms with Gasteiger partial charge in [-0.3, -0.25) is 5.43 Å². The first-order valence-corrected chi connectivity index (χ1v) is 10.9. The molecule has 1 aromatic carbocycles. The fourth-order valence-electron chi connectivity index (χ4n) is 2.75. The molecule has 8 nitrogen and oxygen atoms in total. The number of rotatable bonds is 6. The molecule has 0 saturated carbocycles. The van der Waals surface area contributed by atoms with E-state index < -0.39 is 6.09 Å². The molecule has 3 heterocycles. The summed E-state index contributed by atoms with van der Waals surface area (Å²) >= 11 is 3.69. The van der Waals surface area contributed by atoms with Gasteiger partial charge in [-0.2, -0.15) is 5.10 Å². The first kappa shape index (κ1) is 20.3. The van der Waals surface area contributed by atoms with Crippen molar-refractivity contribution in [1.29, 1.82) is 0 Å². The smallest absolute Gasteiger partial charge is 0.407 e. The van der Waals surface area contributed by atoms with Gasteiger partial charge in [-0.25, -0.2) is 14.8 Å². The van der Waals surface area contributed by atoms with Gasteiger partial charge < -0.3 is 14.4 Å². The number of thiazole rings is 1. The predicted octanol–water partition coefficient (Wildman–Crippen LogP) is 4.62. The molecule has 0 fully saturated rings. The lowest BCUT2D eigenvalue weighted by molar-refractivity contribution is 0.153. The van der Waals surface area contributed by atoms with Crippen molar-refractivity contribution in [3.63, 3.8) is 0 Å². The van der Waals surface area contributed by atoms with Gasteiger partial charge in [0.2, 0.25) is 0 Å². The number of carboxylic acid groups (broad SMARTS) is 1. The molecule has 0 aliphatic carbocycles. The third-order valence-corrected chi connectivity index (χ3v) is 5.73. The van der Waals surface area contributed by atoms with Crippen LogP contribution in [0.5, 0.6) is 0 Å². The van der Waals surface area contributed by atoms with E-state index in [0.29, 0.717) is 10.7 Å². The summed E-state index contributed by atoms with van der Waals surface area (Å²) in [4.78, 5) is 21.1. The van der Waals surface area contributed by atoms with Crippen molar-refractivity contribution < 1.29 is 9.90 Å². The van der Waals surface area contributed by atoms with E-state index in [1.54, 1.807) is 6.21 Å². The molecule has 152 valence electrons. The van der Waals surface area contributed by atoms with Gasteiger partial charge in [0.1, 0.15) is 10.7 Å². The van der Waals surface area contributed by atoms with Crippen molar-refractivity contribution in [1.82, 2.24) is 19.3 Å². The van der Waals surface area contributed by atoms with Crippen molar-refractivity contribution in [2.75, 3.05) is 12.5 Å². The fraction of sp³-hybridized carbons (Fsp3) is 0.100. The van der Waals surface area contributed by atoms with E-state index in [-0.39, 0.29) is 6.54 Å². The zero-order valence-corrected chi connectivity index (χ0v) is 18.8. The lowest BCUT2D eigenvalue weighted by atomic mass is 10.1. The van der Waals surface area contributed by atoms with Gasteiger partial charge in [-0.15, -0.1) is 11.3 Å². The lowest BCUT2D eigenvalue weighted by Crippen LogP contribution is -2.24. The van der Waals surface area contributed by atoms with Crippen LogP contribution >= 0.6 is 33.9 Å². The Morgan fingerprint density at radius 1 is 1.27 bits per heavy atom. The molecule has 4 aromatic rings. The van der Waals surface area contributed by atoms with Gasteiger partial charge in [-0.1, -0.05) is 12.1 Å². The van der Waals surface area contributed by atoms with E-state index >= 15 is 0 Å². The maximum atomic E-state index is 10.9. The molecule has 0 saturated heterocycles. The summed E-state index contributed by atoms with van der Waals surface area (Å²) in [6.45, 7) is 0.247. The van der Waals surface area contributed by atoms with E-state index in [0.717, 1.165) is 26.2 Å². The van der Waals surface area contributed by atoms with Gasteiger partial charge in [0.05, 0.1) is 29.8 Å². The average Bonchev–Trinajstić information content (AvgIpc) is 3.35. The minimum absolute atomic E-state index is 0.247. The maximum absolute atomic E-state index is 10.9. The van der Waals surface area contributed by atoms with Gasteiger partial charge in [-0.05, 0) is 46.9 Å². The SMILES string of the molecule is CN(Cc1csc(C=NNc2ccc(-c3cn4cc(I)ccc4n3)cc2)n1)C(=O)O. The number of hydrogen-bond acceptors (Lipinski definition) is 6. The highest BCUT2D eigenvalue weighted by Gasteiger charge is 2.09. The molecule has 0 radical (unpaired) electrons. The van der Waals surface area contributed by atoms with Crippen LogP contribution in [-0.2, 0) is 6.54 Å². The quantitative estimate of drug-likeness (QED) is 0.215. The largest absolute Gasteiger partial charge is 0.465 e. The monoisotopic (exact) mass is 532 g/mol. The number of imidazole rings is 1. The van der Waals surface area contributed by atoms with Crippen molar-refractivity contribution in [3.8, 4) is 11.3 Å². The molecule has 0 aliphatic heterocycles. The lowest BCUT2D eigenvalue weighted by Gasteiger charge is -2.09. The summed E-state index contributed by atoms with van der Waals surface area (Å²) in [7, 11) is 1.51. The van der Waals surface area contributed by atoms with Crippen LogP contribution in [0, 0.1) is 3.57 Å². The highest BCUT2D eigenvalue weighted by atomic mass is 127. The summed E-state index contributed by atoms with van der Waals surface area (Å²) in [5, 5.41) is 15.7. The van der Waals surface area contributed by atoms with Crippen molar-refractivity contribution in [2.24, 2.45) is 5.10 Å². The molecule has 0 spiro atoms. The van der Waals surface area contributed by atoms with E-state index in [1.807, 2.05) is 58.6 Å². The Kier molecular flexibility index (Phi) is 5.95. The van der Waals surface area contributed by atoms with Crippen LogP contribution in [-0.4, -0.2) is 43.7 Å². The summed E-state index contributed by atoms with van der Waals surface area (Å²) in [5.74, 6) is 0. The van der Waals surface area contributed by atoms with Crippen LogP contribution in [0.25, 0.3) is 16.9 Å². The fourth-order valence-corrected chi connectivity index (χ4v) is 3.89. The van der Waals surface area contributed by atoms with Crippen LogP contribution in [0.4, 0.5) is 10.5 Å². The highest BCUT2D eigenvalue weighted by molar-refractivity contribution is 14.1. The molecular weight excluding hydrogens is 515 g/mol. The van der Waals surface area contributed by atoms with Crippen LogP contribution < -0.4 is 5.43 Å². The van der Waals surface area contributed by atoms with Crippen LogP contribution in [0.1, 0.15) is 10.7 Å². The highest BCUT2D eigenvalue weighted by Crippen LogP contribution is 2.22. The first-order valence-electron chi connectivity index (χ1n) is 8.90. The zero-order valence-electron chi connectivity index (χ0n) is 15.9. The second-order valence-electron chi connectivity index (χ2n) is 6.50. The second-order valence-corrected chi connectivity index (χ2v) is 8.64. The van der Waals surface area contributed by atoms with Crippen LogP contribution in [0.3, 0.4) is 0 Å². The number of amides is 1. The Bertz CT molecular complexity index is 1220. The number of carbonyl (C=O) groups is 1. The molecule has 0 aliphatic rings. The number of pyridine rings is 1. The molecule has 3 aromatic heterocycles. The normalized spacial score (nSPS) is 11.3. The number of hydrazone groups is 1. The number of benzene rings is 1. The van der Waals surface area contributed by atoms with E-state index in [2.05, 4.69) is 43.1 Å². The number of anilines is 1.